The number of pyridine rings is 1. The van der Waals surface area contributed by atoms with Gasteiger partial charge in [0.05, 0.1) is 11.3 Å². The fraction of sp³-hybridized carbons (Fsp3) is 0.625. The van der Waals surface area contributed by atoms with Crippen molar-refractivity contribution in [3.8, 4) is 0 Å². The molecule has 1 saturated carbocycles. The third kappa shape index (κ3) is 2.06. The normalized spacial score (nSPS) is 26.9. The minimum atomic E-state index is -0.492. The molecular formula is C16H22N4O2. The number of aromatic nitrogens is 1. The summed E-state index contributed by atoms with van der Waals surface area (Å²) in [6.07, 6.45) is 5.14. The molecule has 2 aliphatic heterocycles. The lowest BCUT2D eigenvalue weighted by Crippen LogP contribution is -2.70. The van der Waals surface area contributed by atoms with Gasteiger partial charge in [0.1, 0.15) is 0 Å². The fourth-order valence-electron chi connectivity index (χ4n) is 4.54. The first-order valence-corrected chi connectivity index (χ1v) is 7.96. The van der Waals surface area contributed by atoms with Gasteiger partial charge in [-0.25, -0.2) is 5.48 Å². The second-order valence-corrected chi connectivity index (χ2v) is 7.08. The van der Waals surface area contributed by atoms with E-state index in [0.717, 1.165) is 30.8 Å². The molecule has 1 saturated heterocycles. The standard InChI is InChI=1S/C16H22N4O2/c1-19-9-16(10-19)4-2-14(16)20-5-3-11-6-12(15(21)18-22)7-17-13(11)8-20/h6-7,14,22H,2-5,8-10H2,1H3,(H,18,21). The van der Waals surface area contributed by atoms with Gasteiger partial charge >= 0.3 is 0 Å². The van der Waals surface area contributed by atoms with Crippen LogP contribution in [0.2, 0.25) is 0 Å². The first-order valence-electron chi connectivity index (χ1n) is 7.96. The van der Waals surface area contributed by atoms with Crippen molar-refractivity contribution in [3.05, 3.63) is 29.1 Å². The Kier molecular flexibility index (Phi) is 3.21. The van der Waals surface area contributed by atoms with E-state index in [-0.39, 0.29) is 0 Å². The topological polar surface area (TPSA) is 68.7 Å². The van der Waals surface area contributed by atoms with E-state index >= 15 is 0 Å². The molecular weight excluding hydrogens is 280 g/mol. The smallest absolute Gasteiger partial charge is 0.276 e. The lowest BCUT2D eigenvalue weighted by molar-refractivity contribution is -0.127. The summed E-state index contributed by atoms with van der Waals surface area (Å²) in [7, 11) is 2.20. The predicted octanol–water partition coefficient (Wildman–Crippen LogP) is 0.653. The Hall–Kier alpha value is -1.50. The molecule has 6 nitrogen and oxygen atoms in total. The zero-order chi connectivity index (χ0) is 15.3. The Labute approximate surface area is 130 Å². The van der Waals surface area contributed by atoms with E-state index in [9.17, 15) is 4.79 Å². The van der Waals surface area contributed by atoms with Gasteiger partial charge < -0.3 is 4.90 Å². The third-order valence-electron chi connectivity index (χ3n) is 5.68. The number of hydroxylamine groups is 1. The van der Waals surface area contributed by atoms with Crippen LogP contribution in [-0.2, 0) is 13.0 Å². The second-order valence-electron chi connectivity index (χ2n) is 7.08. The number of likely N-dealkylation sites (tertiary alicyclic amines) is 1. The maximum Gasteiger partial charge on any atom is 0.276 e. The summed E-state index contributed by atoms with van der Waals surface area (Å²) in [5.41, 5.74) is 4.84. The van der Waals surface area contributed by atoms with E-state index in [0.29, 0.717) is 17.0 Å². The first-order chi connectivity index (χ1) is 10.6. The quantitative estimate of drug-likeness (QED) is 0.620. The highest BCUT2D eigenvalue weighted by Gasteiger charge is 2.55. The van der Waals surface area contributed by atoms with E-state index in [4.69, 9.17) is 5.21 Å². The minimum Gasteiger partial charge on any atom is -0.305 e. The summed E-state index contributed by atoms with van der Waals surface area (Å²) in [6.45, 7) is 4.37. The summed E-state index contributed by atoms with van der Waals surface area (Å²) < 4.78 is 0. The molecule has 1 spiro atoms. The number of carbonyl (C=O) groups excluding carboxylic acids is 1. The average molecular weight is 302 g/mol. The number of hydrogen-bond acceptors (Lipinski definition) is 5. The monoisotopic (exact) mass is 302 g/mol. The number of carbonyl (C=O) groups is 1. The van der Waals surface area contributed by atoms with Crippen molar-refractivity contribution < 1.29 is 10.0 Å². The lowest BCUT2D eigenvalue weighted by atomic mass is 9.59. The van der Waals surface area contributed by atoms with Crippen LogP contribution >= 0.6 is 0 Å². The molecule has 3 heterocycles. The van der Waals surface area contributed by atoms with Gasteiger partial charge in [-0.1, -0.05) is 0 Å². The van der Waals surface area contributed by atoms with E-state index in [2.05, 4.69) is 21.8 Å². The molecule has 1 unspecified atom stereocenters. The molecule has 1 aromatic rings. The Morgan fingerprint density at radius 3 is 2.95 bits per heavy atom. The van der Waals surface area contributed by atoms with Gasteiger partial charge in [0, 0.05) is 43.8 Å². The van der Waals surface area contributed by atoms with Gasteiger partial charge in [-0.05, 0) is 37.9 Å². The van der Waals surface area contributed by atoms with Crippen molar-refractivity contribution in [3.63, 3.8) is 0 Å². The molecule has 0 aromatic carbocycles. The second kappa shape index (κ2) is 5.01. The van der Waals surface area contributed by atoms with Crippen LogP contribution in [0.1, 0.15) is 34.5 Å². The molecule has 118 valence electrons. The number of fused-ring (bicyclic) bond motifs is 1. The van der Waals surface area contributed by atoms with E-state index < -0.39 is 5.91 Å². The average Bonchev–Trinajstić information content (AvgIpc) is 2.49. The molecule has 6 heteroatoms. The molecule has 1 aliphatic carbocycles. The van der Waals surface area contributed by atoms with Crippen molar-refractivity contribution >= 4 is 5.91 Å². The molecule has 3 aliphatic rings. The number of hydrogen-bond donors (Lipinski definition) is 2. The van der Waals surface area contributed by atoms with Gasteiger partial charge in [-0.2, -0.15) is 0 Å². The molecule has 0 bridgehead atoms. The predicted molar refractivity (Wildman–Crippen MR) is 80.6 cm³/mol. The van der Waals surface area contributed by atoms with Gasteiger partial charge in [0.25, 0.3) is 5.91 Å². The fourth-order valence-corrected chi connectivity index (χ4v) is 4.54. The maximum atomic E-state index is 11.5. The molecule has 1 atom stereocenters. The van der Waals surface area contributed by atoms with Crippen molar-refractivity contribution in [2.75, 3.05) is 26.7 Å². The van der Waals surface area contributed by atoms with Crippen LogP contribution in [0.5, 0.6) is 0 Å². The summed E-state index contributed by atoms with van der Waals surface area (Å²) in [5, 5.41) is 8.72. The number of amides is 1. The van der Waals surface area contributed by atoms with E-state index in [1.54, 1.807) is 11.7 Å². The van der Waals surface area contributed by atoms with Crippen LogP contribution < -0.4 is 5.48 Å². The molecule has 1 aromatic heterocycles. The maximum absolute atomic E-state index is 11.5. The summed E-state index contributed by atoms with van der Waals surface area (Å²) in [5.74, 6) is -0.492. The molecule has 2 N–H and O–H groups in total. The zero-order valence-corrected chi connectivity index (χ0v) is 12.9. The number of rotatable bonds is 2. The van der Waals surface area contributed by atoms with Crippen LogP contribution in [0, 0.1) is 5.41 Å². The Morgan fingerprint density at radius 2 is 2.32 bits per heavy atom. The van der Waals surface area contributed by atoms with Crippen LogP contribution in [0.15, 0.2) is 12.3 Å². The summed E-state index contributed by atoms with van der Waals surface area (Å²) in [6, 6.07) is 2.55. The minimum absolute atomic E-state index is 0.426. The highest BCUT2D eigenvalue weighted by atomic mass is 16.5. The van der Waals surface area contributed by atoms with Crippen LogP contribution in [0.25, 0.3) is 0 Å². The Bertz CT molecular complexity index is 612. The third-order valence-corrected chi connectivity index (χ3v) is 5.68. The van der Waals surface area contributed by atoms with Gasteiger partial charge in [-0.3, -0.25) is 19.9 Å². The highest BCUT2D eigenvalue weighted by Crippen LogP contribution is 2.51. The molecule has 2 fully saturated rings. The zero-order valence-electron chi connectivity index (χ0n) is 12.9. The lowest BCUT2D eigenvalue weighted by Gasteiger charge is -2.63. The van der Waals surface area contributed by atoms with Gasteiger partial charge in [-0.15, -0.1) is 0 Å². The van der Waals surface area contributed by atoms with Crippen molar-refractivity contribution in [1.29, 1.82) is 0 Å². The van der Waals surface area contributed by atoms with E-state index in [1.807, 2.05) is 6.07 Å². The number of nitrogens with zero attached hydrogens (tertiary/aromatic N) is 3. The van der Waals surface area contributed by atoms with Gasteiger partial charge in [0.2, 0.25) is 0 Å². The Morgan fingerprint density at radius 1 is 1.50 bits per heavy atom. The Balaban J connectivity index is 1.49. The molecule has 22 heavy (non-hydrogen) atoms. The SMILES string of the molecule is CN1CC2(CCC2N2CCc3cc(C(=O)NO)cnc3C2)C1. The van der Waals surface area contributed by atoms with Crippen molar-refractivity contribution in [2.45, 2.75) is 31.8 Å². The molecule has 1 amide bonds. The summed E-state index contributed by atoms with van der Waals surface area (Å²) in [4.78, 5) is 20.9. The van der Waals surface area contributed by atoms with Crippen LogP contribution in [0.3, 0.4) is 0 Å². The van der Waals surface area contributed by atoms with Crippen molar-refractivity contribution in [1.82, 2.24) is 20.3 Å². The molecule has 0 radical (unpaired) electrons. The van der Waals surface area contributed by atoms with Gasteiger partial charge in [0.15, 0.2) is 0 Å². The molecule has 4 rings (SSSR count). The highest BCUT2D eigenvalue weighted by molar-refractivity contribution is 5.93. The first kappa shape index (κ1) is 14.1. The van der Waals surface area contributed by atoms with Crippen LogP contribution in [-0.4, -0.2) is 58.6 Å². The van der Waals surface area contributed by atoms with Crippen molar-refractivity contribution in [2.24, 2.45) is 5.41 Å². The van der Waals surface area contributed by atoms with E-state index in [1.165, 1.54) is 25.9 Å². The largest absolute Gasteiger partial charge is 0.305 e. The number of nitrogens with one attached hydrogen (secondary N) is 1. The summed E-state index contributed by atoms with van der Waals surface area (Å²) >= 11 is 0. The van der Waals surface area contributed by atoms with Crippen LogP contribution in [0.4, 0.5) is 0 Å².